The van der Waals surface area contributed by atoms with Gasteiger partial charge in [0.2, 0.25) is 0 Å². The first-order valence-electron chi connectivity index (χ1n) is 5.56. The van der Waals surface area contributed by atoms with Crippen molar-refractivity contribution in [2.75, 3.05) is 32.8 Å². The number of anilines is 1. The van der Waals surface area contributed by atoms with E-state index in [0.717, 1.165) is 5.69 Å². The third-order valence-corrected chi connectivity index (χ3v) is 2.23. The number of methoxy groups -OCH3 is 2. The molecule has 1 aromatic carbocycles. The number of nitrogens with two attached hydrogens (primary N) is 1. The smallest absolute Gasteiger partial charge is 0.193 e. The molecule has 0 spiro atoms. The molecule has 0 saturated heterocycles. The van der Waals surface area contributed by atoms with Crippen LogP contribution < -0.4 is 20.5 Å². The van der Waals surface area contributed by atoms with Crippen LogP contribution in [-0.4, -0.2) is 33.4 Å². The lowest BCUT2D eigenvalue weighted by atomic mass is 10.3. The number of guanidine groups is 1. The van der Waals surface area contributed by atoms with Crippen molar-refractivity contribution in [1.82, 2.24) is 0 Å². The molecule has 1 rings (SSSR count). The van der Waals surface area contributed by atoms with Crippen LogP contribution in [0.1, 0.15) is 6.42 Å². The highest BCUT2D eigenvalue weighted by Gasteiger charge is 2.04. The maximum Gasteiger partial charge on any atom is 0.193 e. The summed E-state index contributed by atoms with van der Waals surface area (Å²) in [7, 11) is 3.12. The predicted octanol–water partition coefficient (Wildman–Crippen LogP) is 2.41. The Balaban J connectivity index is 0.00000324. The van der Waals surface area contributed by atoms with Gasteiger partial charge in [0.05, 0.1) is 20.9 Å². The van der Waals surface area contributed by atoms with Crippen LogP contribution in [0, 0.1) is 0 Å². The molecule has 0 bridgehead atoms. The van der Waals surface area contributed by atoms with Gasteiger partial charge >= 0.3 is 0 Å². The molecule has 0 amide bonds. The lowest BCUT2D eigenvalue weighted by Gasteiger charge is -2.10. The van der Waals surface area contributed by atoms with Gasteiger partial charge in [-0.2, -0.15) is 0 Å². The lowest BCUT2D eigenvalue weighted by Crippen LogP contribution is -2.22. The largest absolute Gasteiger partial charge is 0.493 e. The summed E-state index contributed by atoms with van der Waals surface area (Å²) in [6.45, 7) is -0.0320. The number of aliphatic imine (C=N–C) groups is 1. The van der Waals surface area contributed by atoms with E-state index in [2.05, 4.69) is 10.3 Å². The van der Waals surface area contributed by atoms with Crippen LogP contribution >= 0.6 is 24.0 Å². The Bertz CT molecular complexity index is 416. The molecule has 19 heavy (non-hydrogen) atoms. The van der Waals surface area contributed by atoms with Crippen molar-refractivity contribution in [3.63, 3.8) is 0 Å². The maximum absolute atomic E-state index is 11.9. The Morgan fingerprint density at radius 1 is 1.32 bits per heavy atom. The summed E-state index contributed by atoms with van der Waals surface area (Å²) >= 11 is 0. The Kier molecular flexibility index (Phi) is 9.02. The minimum Gasteiger partial charge on any atom is -0.493 e. The van der Waals surface area contributed by atoms with Crippen LogP contribution in [0.25, 0.3) is 0 Å². The summed E-state index contributed by atoms with van der Waals surface area (Å²) in [6.07, 6.45) is 0.369. The average Bonchev–Trinajstić information content (AvgIpc) is 2.39. The van der Waals surface area contributed by atoms with Gasteiger partial charge in [0.15, 0.2) is 17.5 Å². The van der Waals surface area contributed by atoms with Gasteiger partial charge in [-0.25, -0.2) is 0 Å². The number of alkyl halides is 1. The highest BCUT2D eigenvalue weighted by atomic mass is 127. The van der Waals surface area contributed by atoms with Crippen molar-refractivity contribution in [3.8, 4) is 11.5 Å². The Hall–Kier alpha value is -1.25. The second-order valence-electron chi connectivity index (χ2n) is 3.50. The molecule has 0 radical (unpaired) electrons. The summed E-state index contributed by atoms with van der Waals surface area (Å²) in [6, 6.07) is 5.30. The summed E-state index contributed by atoms with van der Waals surface area (Å²) in [5.41, 5.74) is 6.38. The molecule has 0 fully saturated rings. The summed E-state index contributed by atoms with van der Waals surface area (Å²) in [5.74, 6) is 1.48. The monoisotopic (exact) mass is 383 g/mol. The molecule has 0 aliphatic carbocycles. The number of benzene rings is 1. The van der Waals surface area contributed by atoms with Crippen molar-refractivity contribution < 1.29 is 13.9 Å². The van der Waals surface area contributed by atoms with E-state index in [1.54, 1.807) is 32.4 Å². The second kappa shape index (κ2) is 9.65. The fraction of sp³-hybridized carbons (Fsp3) is 0.417. The highest BCUT2D eigenvalue weighted by molar-refractivity contribution is 14.0. The van der Waals surface area contributed by atoms with Crippen molar-refractivity contribution in [2.45, 2.75) is 6.42 Å². The standard InChI is InChI=1S/C12H18FN3O2.HI/c1-17-10-5-4-9(8-11(10)18-2)16-12(14)15-7-3-6-13;/h4-5,8H,3,6-7H2,1-2H3,(H3,14,15,16);1H. The zero-order valence-electron chi connectivity index (χ0n) is 11.0. The van der Waals surface area contributed by atoms with Gasteiger partial charge in [0, 0.05) is 18.3 Å². The molecule has 0 aromatic heterocycles. The maximum atomic E-state index is 11.9. The average molecular weight is 383 g/mol. The third-order valence-electron chi connectivity index (χ3n) is 2.23. The van der Waals surface area contributed by atoms with Crippen LogP contribution in [0.5, 0.6) is 11.5 Å². The molecule has 7 heteroatoms. The van der Waals surface area contributed by atoms with Crippen LogP contribution in [-0.2, 0) is 0 Å². The van der Waals surface area contributed by atoms with Crippen LogP contribution in [0.4, 0.5) is 10.1 Å². The summed E-state index contributed by atoms with van der Waals surface area (Å²) < 4.78 is 22.2. The number of nitrogens with zero attached hydrogens (tertiary/aromatic N) is 1. The van der Waals surface area contributed by atoms with Crippen LogP contribution in [0.2, 0.25) is 0 Å². The van der Waals surface area contributed by atoms with Crippen molar-refractivity contribution in [2.24, 2.45) is 10.7 Å². The van der Waals surface area contributed by atoms with E-state index in [1.165, 1.54) is 0 Å². The first-order valence-corrected chi connectivity index (χ1v) is 5.56. The fourth-order valence-corrected chi connectivity index (χ4v) is 1.36. The fourth-order valence-electron chi connectivity index (χ4n) is 1.36. The minimum absolute atomic E-state index is 0. The van der Waals surface area contributed by atoms with Gasteiger partial charge in [0.1, 0.15) is 0 Å². The van der Waals surface area contributed by atoms with Crippen LogP contribution in [0.3, 0.4) is 0 Å². The number of ether oxygens (including phenoxy) is 2. The molecule has 0 atom stereocenters. The SMILES string of the molecule is COc1ccc(NC(N)=NCCCF)cc1OC.I. The molecule has 5 nitrogen and oxygen atoms in total. The number of hydrogen-bond donors (Lipinski definition) is 2. The normalized spacial score (nSPS) is 10.6. The van der Waals surface area contributed by atoms with Gasteiger partial charge < -0.3 is 20.5 Å². The van der Waals surface area contributed by atoms with E-state index in [-0.39, 0.29) is 29.9 Å². The van der Waals surface area contributed by atoms with Gasteiger partial charge in [-0.05, 0) is 18.6 Å². The molecule has 0 heterocycles. The summed E-state index contributed by atoms with van der Waals surface area (Å²) in [5, 5.41) is 2.90. The van der Waals surface area contributed by atoms with E-state index in [4.69, 9.17) is 15.2 Å². The Morgan fingerprint density at radius 2 is 2.00 bits per heavy atom. The van der Waals surface area contributed by atoms with Crippen molar-refractivity contribution in [3.05, 3.63) is 18.2 Å². The van der Waals surface area contributed by atoms with E-state index in [9.17, 15) is 4.39 Å². The first-order chi connectivity index (χ1) is 8.71. The van der Waals surface area contributed by atoms with E-state index < -0.39 is 6.67 Å². The topological polar surface area (TPSA) is 68.9 Å². The molecule has 0 aliphatic heterocycles. The van der Waals surface area contributed by atoms with Crippen molar-refractivity contribution >= 4 is 35.6 Å². The van der Waals surface area contributed by atoms with Gasteiger partial charge in [0.25, 0.3) is 0 Å². The molecule has 0 saturated carbocycles. The van der Waals surface area contributed by atoms with E-state index >= 15 is 0 Å². The van der Waals surface area contributed by atoms with E-state index in [1.807, 2.05) is 0 Å². The number of halogens is 2. The van der Waals surface area contributed by atoms with Gasteiger partial charge in [-0.3, -0.25) is 9.38 Å². The van der Waals surface area contributed by atoms with E-state index in [0.29, 0.717) is 24.5 Å². The lowest BCUT2D eigenvalue weighted by molar-refractivity contribution is 0.355. The van der Waals surface area contributed by atoms with Crippen LogP contribution in [0.15, 0.2) is 23.2 Å². The molecule has 3 N–H and O–H groups in total. The Morgan fingerprint density at radius 3 is 2.58 bits per heavy atom. The second-order valence-corrected chi connectivity index (χ2v) is 3.50. The molecule has 108 valence electrons. The zero-order valence-corrected chi connectivity index (χ0v) is 13.3. The highest BCUT2D eigenvalue weighted by Crippen LogP contribution is 2.29. The van der Waals surface area contributed by atoms with Gasteiger partial charge in [-0.1, -0.05) is 0 Å². The number of rotatable bonds is 6. The molecule has 0 unspecified atom stereocenters. The number of hydrogen-bond acceptors (Lipinski definition) is 3. The minimum atomic E-state index is -0.396. The molecular formula is C12H19FIN3O2. The third kappa shape index (κ3) is 5.95. The quantitative estimate of drug-likeness (QED) is 0.343. The first kappa shape index (κ1) is 17.8. The molecule has 1 aromatic rings. The van der Waals surface area contributed by atoms with Gasteiger partial charge in [-0.15, -0.1) is 24.0 Å². The Labute approximate surface area is 129 Å². The zero-order chi connectivity index (χ0) is 13.4. The predicted molar refractivity (Wildman–Crippen MR) is 85.7 cm³/mol. The number of nitrogens with one attached hydrogen (secondary N) is 1. The molecule has 0 aliphatic rings. The summed E-state index contributed by atoms with van der Waals surface area (Å²) in [4.78, 5) is 3.98. The van der Waals surface area contributed by atoms with Crippen molar-refractivity contribution in [1.29, 1.82) is 0 Å². The molecular weight excluding hydrogens is 364 g/mol.